The molecule has 0 aliphatic heterocycles. The molecule has 1 unspecified atom stereocenters. The maximum atomic E-state index is 12.0. The van der Waals surface area contributed by atoms with Crippen LogP contribution in [0.3, 0.4) is 0 Å². The average molecular weight is 343 g/mol. The number of nitrogens with zero attached hydrogens (tertiary/aromatic N) is 2. The van der Waals surface area contributed by atoms with Gasteiger partial charge in [0.1, 0.15) is 6.10 Å². The molecule has 1 heterocycles. The number of hydrogen-bond acceptors (Lipinski definition) is 5. The minimum Gasteiger partial charge on any atom is -0.365 e. The highest BCUT2D eigenvalue weighted by Crippen LogP contribution is 2.25. The molecule has 1 amide bonds. The lowest BCUT2D eigenvalue weighted by Gasteiger charge is -2.18. The lowest BCUT2D eigenvalue weighted by Crippen LogP contribution is -2.23. The fourth-order valence-electron chi connectivity index (χ4n) is 3.08. The molecule has 1 aliphatic rings. The van der Waals surface area contributed by atoms with Crippen LogP contribution in [-0.2, 0) is 11.3 Å². The summed E-state index contributed by atoms with van der Waals surface area (Å²) in [5.74, 6) is 0.763. The summed E-state index contributed by atoms with van der Waals surface area (Å²) in [6.07, 6.45) is 7.26. The number of hydrogen-bond donors (Lipinski definition) is 1. The van der Waals surface area contributed by atoms with Gasteiger partial charge in [-0.3, -0.25) is 4.79 Å². The van der Waals surface area contributed by atoms with E-state index in [4.69, 9.17) is 9.26 Å². The Morgan fingerprint density at radius 3 is 2.68 bits per heavy atom. The van der Waals surface area contributed by atoms with Gasteiger partial charge in [0.25, 0.3) is 11.8 Å². The van der Waals surface area contributed by atoms with E-state index in [9.17, 15) is 4.79 Å². The van der Waals surface area contributed by atoms with Gasteiger partial charge < -0.3 is 14.6 Å². The van der Waals surface area contributed by atoms with Crippen LogP contribution < -0.4 is 5.32 Å². The zero-order chi connectivity index (χ0) is 17.5. The molecule has 6 nitrogen and oxygen atoms in total. The highest BCUT2D eigenvalue weighted by atomic mass is 16.5. The molecule has 25 heavy (non-hydrogen) atoms. The average Bonchev–Trinajstić information content (AvgIpc) is 2.98. The molecule has 0 spiro atoms. The Labute approximate surface area is 148 Å². The molecule has 1 aliphatic carbocycles. The molecule has 2 aromatic rings. The second-order valence-corrected chi connectivity index (χ2v) is 6.49. The van der Waals surface area contributed by atoms with E-state index >= 15 is 0 Å². The molecule has 1 aromatic carbocycles. The van der Waals surface area contributed by atoms with E-state index in [0.717, 1.165) is 12.8 Å². The van der Waals surface area contributed by atoms with Crippen LogP contribution in [0, 0.1) is 0 Å². The summed E-state index contributed by atoms with van der Waals surface area (Å²) in [5, 5.41) is 6.73. The van der Waals surface area contributed by atoms with Crippen molar-refractivity contribution in [3.63, 3.8) is 0 Å². The lowest BCUT2D eigenvalue weighted by atomic mass is 10.1. The van der Waals surface area contributed by atoms with Crippen molar-refractivity contribution in [2.75, 3.05) is 0 Å². The van der Waals surface area contributed by atoms with Crippen molar-refractivity contribution in [2.45, 2.75) is 64.2 Å². The summed E-state index contributed by atoms with van der Waals surface area (Å²) in [4.78, 5) is 16.4. The van der Waals surface area contributed by atoms with Crippen molar-refractivity contribution in [3.05, 3.63) is 47.6 Å². The van der Waals surface area contributed by atoms with Crippen molar-refractivity contribution in [1.82, 2.24) is 15.5 Å². The van der Waals surface area contributed by atoms with E-state index in [2.05, 4.69) is 15.5 Å². The van der Waals surface area contributed by atoms with E-state index in [1.165, 1.54) is 25.7 Å². The number of ether oxygens (including phenoxy) is 1. The van der Waals surface area contributed by atoms with E-state index in [1.54, 1.807) is 12.1 Å². The molecule has 0 bridgehead atoms. The molecule has 0 saturated heterocycles. The Bertz CT molecular complexity index is 664. The van der Waals surface area contributed by atoms with Crippen molar-refractivity contribution < 1.29 is 14.1 Å². The fourth-order valence-corrected chi connectivity index (χ4v) is 3.08. The highest BCUT2D eigenvalue weighted by molar-refractivity contribution is 5.93. The molecule has 6 heteroatoms. The number of amides is 1. The minimum absolute atomic E-state index is 0.158. The molecule has 0 radical (unpaired) electrons. The molecule has 1 atom stereocenters. The number of carbonyl (C=O) groups excluding carboxylic acids is 1. The first-order chi connectivity index (χ1) is 12.2. The third-order valence-corrected chi connectivity index (χ3v) is 4.47. The second kappa shape index (κ2) is 8.76. The predicted octanol–water partition coefficient (Wildman–Crippen LogP) is 3.80. The molecular weight excluding hydrogens is 318 g/mol. The zero-order valence-corrected chi connectivity index (χ0v) is 14.6. The van der Waals surface area contributed by atoms with Gasteiger partial charge in [-0.2, -0.15) is 4.98 Å². The van der Waals surface area contributed by atoms with Crippen LogP contribution in [0.5, 0.6) is 0 Å². The molecule has 3 rings (SSSR count). The minimum atomic E-state index is -0.228. The summed E-state index contributed by atoms with van der Waals surface area (Å²) in [7, 11) is 0. The molecule has 134 valence electrons. The Morgan fingerprint density at radius 1 is 1.24 bits per heavy atom. The van der Waals surface area contributed by atoms with Crippen LogP contribution >= 0.6 is 0 Å². The first-order valence-corrected chi connectivity index (χ1v) is 9.03. The quantitative estimate of drug-likeness (QED) is 0.807. The lowest BCUT2D eigenvalue weighted by molar-refractivity contribution is -0.0259. The summed E-state index contributed by atoms with van der Waals surface area (Å²) in [6.45, 7) is 2.16. The van der Waals surface area contributed by atoms with Gasteiger partial charge in [-0.1, -0.05) is 49.0 Å². The Kier molecular flexibility index (Phi) is 6.17. The SMILES string of the molecule is CC(OC1CCCCCC1)c1nc(CNC(=O)c2ccccc2)no1. The normalized spacial score (nSPS) is 17.0. The van der Waals surface area contributed by atoms with Crippen LogP contribution in [0.4, 0.5) is 0 Å². The van der Waals surface area contributed by atoms with Gasteiger partial charge in [0.05, 0.1) is 12.6 Å². The Balaban J connectivity index is 1.50. The van der Waals surface area contributed by atoms with E-state index in [1.807, 2.05) is 25.1 Å². The zero-order valence-electron chi connectivity index (χ0n) is 14.6. The molecule has 1 N–H and O–H groups in total. The number of carbonyl (C=O) groups is 1. The number of benzene rings is 1. The van der Waals surface area contributed by atoms with Crippen LogP contribution in [0.1, 0.15) is 73.6 Å². The molecule has 1 fully saturated rings. The summed E-state index contributed by atoms with van der Waals surface area (Å²) < 4.78 is 11.4. The Morgan fingerprint density at radius 2 is 1.96 bits per heavy atom. The Hall–Kier alpha value is -2.21. The number of aromatic nitrogens is 2. The van der Waals surface area contributed by atoms with Crippen molar-refractivity contribution in [1.29, 1.82) is 0 Å². The largest absolute Gasteiger partial charge is 0.365 e. The summed E-state index contributed by atoms with van der Waals surface area (Å²) >= 11 is 0. The van der Waals surface area contributed by atoms with Gasteiger partial charge >= 0.3 is 0 Å². The second-order valence-electron chi connectivity index (χ2n) is 6.49. The van der Waals surface area contributed by atoms with Gasteiger partial charge in [0.2, 0.25) is 0 Å². The van der Waals surface area contributed by atoms with Crippen molar-refractivity contribution >= 4 is 5.91 Å². The topological polar surface area (TPSA) is 77.2 Å². The first kappa shape index (κ1) is 17.6. The summed E-state index contributed by atoms with van der Waals surface area (Å²) in [5.41, 5.74) is 0.608. The van der Waals surface area contributed by atoms with Gasteiger partial charge in [-0.05, 0) is 31.9 Å². The van der Waals surface area contributed by atoms with Crippen molar-refractivity contribution in [3.8, 4) is 0 Å². The molecule has 1 aromatic heterocycles. The van der Waals surface area contributed by atoms with Crippen LogP contribution in [0.15, 0.2) is 34.9 Å². The highest BCUT2D eigenvalue weighted by Gasteiger charge is 2.21. The van der Waals surface area contributed by atoms with E-state index in [0.29, 0.717) is 17.3 Å². The van der Waals surface area contributed by atoms with Gasteiger partial charge in [0, 0.05) is 5.56 Å². The van der Waals surface area contributed by atoms with E-state index in [-0.39, 0.29) is 24.7 Å². The van der Waals surface area contributed by atoms with E-state index < -0.39 is 0 Å². The predicted molar refractivity (Wildman–Crippen MR) is 92.9 cm³/mol. The van der Waals surface area contributed by atoms with Gasteiger partial charge in [-0.25, -0.2) is 0 Å². The number of rotatable bonds is 6. The maximum Gasteiger partial charge on any atom is 0.255 e. The third kappa shape index (κ3) is 5.13. The smallest absolute Gasteiger partial charge is 0.255 e. The van der Waals surface area contributed by atoms with Gasteiger partial charge in [0.15, 0.2) is 5.82 Å². The van der Waals surface area contributed by atoms with Gasteiger partial charge in [-0.15, -0.1) is 0 Å². The van der Waals surface area contributed by atoms with Crippen molar-refractivity contribution in [2.24, 2.45) is 0 Å². The van der Waals surface area contributed by atoms with Crippen LogP contribution in [0.2, 0.25) is 0 Å². The maximum absolute atomic E-state index is 12.0. The standard InChI is InChI=1S/C19H25N3O3/c1-14(24-16-11-7-2-3-8-12-16)19-21-17(22-25-19)13-20-18(23)15-9-5-4-6-10-15/h4-6,9-10,14,16H,2-3,7-8,11-13H2,1H3,(H,20,23). The van der Waals surface area contributed by atoms with Crippen LogP contribution in [0.25, 0.3) is 0 Å². The molecule has 1 saturated carbocycles. The number of nitrogens with one attached hydrogen (secondary N) is 1. The summed E-state index contributed by atoms with van der Waals surface area (Å²) in [6, 6.07) is 9.05. The third-order valence-electron chi connectivity index (χ3n) is 4.47. The van der Waals surface area contributed by atoms with Crippen LogP contribution in [-0.4, -0.2) is 22.2 Å². The first-order valence-electron chi connectivity index (χ1n) is 9.03. The molecular formula is C19H25N3O3. The monoisotopic (exact) mass is 343 g/mol. The fraction of sp³-hybridized carbons (Fsp3) is 0.526.